The summed E-state index contributed by atoms with van der Waals surface area (Å²) in [7, 11) is 3.46. The van der Waals surface area contributed by atoms with E-state index < -0.39 is 11.5 Å². The van der Waals surface area contributed by atoms with Gasteiger partial charge in [-0.3, -0.25) is 9.59 Å². The maximum Gasteiger partial charge on any atom is 0.254 e. The number of carbonyl (C=O) groups excluding carboxylic acids is 2. The predicted molar refractivity (Wildman–Crippen MR) is 111 cm³/mol. The van der Waals surface area contributed by atoms with Crippen molar-refractivity contribution in [1.82, 2.24) is 14.5 Å². The van der Waals surface area contributed by atoms with Gasteiger partial charge in [-0.2, -0.15) is 0 Å². The molecule has 30 heavy (non-hydrogen) atoms. The van der Waals surface area contributed by atoms with Crippen LogP contribution in [-0.4, -0.2) is 39.9 Å². The Balaban J connectivity index is 1.66. The summed E-state index contributed by atoms with van der Waals surface area (Å²) in [4.78, 5) is 33.3. The molecule has 1 saturated heterocycles. The van der Waals surface area contributed by atoms with Crippen LogP contribution < -0.4 is 10.1 Å². The van der Waals surface area contributed by atoms with Gasteiger partial charge in [-0.25, -0.2) is 4.98 Å². The SMILES string of the molecule is COc1cccc(C(=O)N2CC[C@]3(C(=O)Nc4ccccc43)[C@@H]2c2nccn2C)c1. The van der Waals surface area contributed by atoms with E-state index in [1.54, 1.807) is 42.5 Å². The molecule has 0 unspecified atom stereocenters. The summed E-state index contributed by atoms with van der Waals surface area (Å²) < 4.78 is 7.18. The normalized spacial score (nSPS) is 22.3. The number of rotatable bonds is 3. The van der Waals surface area contributed by atoms with Gasteiger partial charge in [-0.1, -0.05) is 24.3 Å². The van der Waals surface area contributed by atoms with E-state index in [4.69, 9.17) is 4.74 Å². The molecule has 152 valence electrons. The van der Waals surface area contributed by atoms with Crippen LogP contribution in [0.15, 0.2) is 60.9 Å². The molecular formula is C23H22N4O3. The molecule has 3 aromatic rings. The number of anilines is 1. The summed E-state index contributed by atoms with van der Waals surface area (Å²) in [5, 5.41) is 3.03. The Morgan fingerprint density at radius 1 is 1.23 bits per heavy atom. The van der Waals surface area contributed by atoms with Crippen LogP contribution >= 0.6 is 0 Å². The van der Waals surface area contributed by atoms with Crippen LogP contribution in [0.25, 0.3) is 0 Å². The molecule has 2 aromatic carbocycles. The molecule has 7 heteroatoms. The number of benzene rings is 2. The van der Waals surface area contributed by atoms with Gasteiger partial charge >= 0.3 is 0 Å². The minimum absolute atomic E-state index is 0.0855. The zero-order valence-corrected chi connectivity index (χ0v) is 16.8. The van der Waals surface area contributed by atoms with E-state index in [9.17, 15) is 9.59 Å². The molecule has 2 aliphatic rings. The first-order valence-electron chi connectivity index (χ1n) is 9.89. The monoisotopic (exact) mass is 402 g/mol. The van der Waals surface area contributed by atoms with Gasteiger partial charge in [0.2, 0.25) is 5.91 Å². The molecule has 0 radical (unpaired) electrons. The van der Waals surface area contributed by atoms with Gasteiger partial charge in [0, 0.05) is 37.2 Å². The quantitative estimate of drug-likeness (QED) is 0.731. The highest BCUT2D eigenvalue weighted by molar-refractivity contribution is 6.08. The number of nitrogens with one attached hydrogen (secondary N) is 1. The van der Waals surface area contributed by atoms with Gasteiger partial charge < -0.3 is 19.5 Å². The largest absolute Gasteiger partial charge is 0.497 e. The summed E-state index contributed by atoms with van der Waals surface area (Å²) in [5.41, 5.74) is 1.38. The number of aromatic nitrogens is 2. The number of imidazole rings is 1. The fraction of sp³-hybridized carbons (Fsp3) is 0.261. The topological polar surface area (TPSA) is 76.5 Å². The van der Waals surface area contributed by atoms with E-state index in [0.717, 1.165) is 11.3 Å². The number of aryl methyl sites for hydroxylation is 1. The van der Waals surface area contributed by atoms with E-state index in [2.05, 4.69) is 10.3 Å². The van der Waals surface area contributed by atoms with Crippen molar-refractivity contribution >= 4 is 17.5 Å². The lowest BCUT2D eigenvalue weighted by Gasteiger charge is -2.33. The first-order chi connectivity index (χ1) is 14.6. The van der Waals surface area contributed by atoms with Crippen molar-refractivity contribution in [1.29, 1.82) is 0 Å². The Kier molecular flexibility index (Phi) is 4.13. The summed E-state index contributed by atoms with van der Waals surface area (Å²) in [6.45, 7) is 0.454. The average molecular weight is 402 g/mol. The van der Waals surface area contributed by atoms with Crippen molar-refractivity contribution in [3.63, 3.8) is 0 Å². The number of fused-ring (bicyclic) bond motifs is 2. The third kappa shape index (κ3) is 2.48. The molecule has 2 amide bonds. The zero-order chi connectivity index (χ0) is 20.9. The van der Waals surface area contributed by atoms with Crippen LogP contribution in [0.5, 0.6) is 5.75 Å². The van der Waals surface area contributed by atoms with Crippen molar-refractivity contribution in [3.05, 3.63) is 77.9 Å². The van der Waals surface area contributed by atoms with E-state index >= 15 is 0 Å². The number of nitrogens with zero attached hydrogens (tertiary/aromatic N) is 3. The van der Waals surface area contributed by atoms with Gasteiger partial charge in [0.05, 0.1) is 7.11 Å². The number of amides is 2. The van der Waals surface area contributed by atoms with Crippen molar-refractivity contribution in [3.8, 4) is 5.75 Å². The Morgan fingerprint density at radius 3 is 2.83 bits per heavy atom. The second-order valence-corrected chi connectivity index (χ2v) is 7.75. The molecular weight excluding hydrogens is 380 g/mol. The Bertz CT molecular complexity index is 1150. The molecule has 0 saturated carbocycles. The highest BCUT2D eigenvalue weighted by Gasteiger charge is 2.60. The lowest BCUT2D eigenvalue weighted by Crippen LogP contribution is -2.43. The van der Waals surface area contributed by atoms with Crippen LogP contribution in [0, 0.1) is 0 Å². The molecule has 1 spiro atoms. The van der Waals surface area contributed by atoms with Crippen LogP contribution in [0.4, 0.5) is 5.69 Å². The number of methoxy groups -OCH3 is 1. The smallest absolute Gasteiger partial charge is 0.254 e. The molecule has 7 nitrogen and oxygen atoms in total. The van der Waals surface area contributed by atoms with E-state index in [0.29, 0.717) is 30.1 Å². The number of carbonyl (C=O) groups is 2. The number of hydrogen-bond acceptors (Lipinski definition) is 4. The molecule has 2 aliphatic heterocycles. The second kappa shape index (κ2) is 6.73. The van der Waals surface area contributed by atoms with E-state index in [1.165, 1.54) is 0 Å². The maximum atomic E-state index is 13.6. The number of para-hydroxylation sites is 1. The number of ether oxygens (including phenoxy) is 1. The maximum absolute atomic E-state index is 13.6. The van der Waals surface area contributed by atoms with Crippen LogP contribution in [0.1, 0.15) is 34.2 Å². The van der Waals surface area contributed by atoms with Crippen molar-refractivity contribution in [2.24, 2.45) is 7.05 Å². The van der Waals surface area contributed by atoms with Crippen molar-refractivity contribution in [2.45, 2.75) is 17.9 Å². The van der Waals surface area contributed by atoms with Gasteiger partial charge in [-0.15, -0.1) is 0 Å². The number of likely N-dealkylation sites (tertiary alicyclic amines) is 1. The molecule has 1 fully saturated rings. The third-order valence-electron chi connectivity index (χ3n) is 6.27. The lowest BCUT2D eigenvalue weighted by atomic mass is 9.74. The average Bonchev–Trinajstić information content (AvgIpc) is 3.44. The Morgan fingerprint density at radius 2 is 2.07 bits per heavy atom. The van der Waals surface area contributed by atoms with Gasteiger partial charge in [0.1, 0.15) is 23.0 Å². The fourth-order valence-corrected chi connectivity index (χ4v) is 4.83. The predicted octanol–water partition coefficient (Wildman–Crippen LogP) is 2.91. The first kappa shape index (κ1) is 18.4. The summed E-state index contributed by atoms with van der Waals surface area (Å²) in [6, 6.07) is 14.3. The van der Waals surface area contributed by atoms with Gasteiger partial charge in [-0.05, 0) is 36.2 Å². The minimum atomic E-state index is -0.871. The van der Waals surface area contributed by atoms with Gasteiger partial charge in [0.25, 0.3) is 5.91 Å². The van der Waals surface area contributed by atoms with Crippen molar-refractivity contribution < 1.29 is 14.3 Å². The standard InChI is InChI=1S/C23H22N4O3/c1-26-13-11-24-20(26)19-23(17-8-3-4-9-18(17)25-22(23)29)10-12-27(19)21(28)15-6-5-7-16(14-15)30-2/h3-9,11,13-14,19H,10,12H2,1-2H3,(H,25,29)/t19-,23+/m0/s1. The molecule has 3 heterocycles. The molecule has 2 atom stereocenters. The number of hydrogen-bond donors (Lipinski definition) is 1. The lowest BCUT2D eigenvalue weighted by molar-refractivity contribution is -0.121. The van der Waals surface area contributed by atoms with Gasteiger partial charge in [0.15, 0.2) is 0 Å². The van der Waals surface area contributed by atoms with Crippen LogP contribution in [0.3, 0.4) is 0 Å². The van der Waals surface area contributed by atoms with Crippen LogP contribution in [-0.2, 0) is 17.3 Å². The van der Waals surface area contributed by atoms with E-state index in [1.807, 2.05) is 42.1 Å². The van der Waals surface area contributed by atoms with Crippen molar-refractivity contribution in [2.75, 3.05) is 19.0 Å². The molecule has 1 N–H and O–H groups in total. The zero-order valence-electron chi connectivity index (χ0n) is 16.8. The van der Waals surface area contributed by atoms with E-state index in [-0.39, 0.29) is 11.8 Å². The second-order valence-electron chi connectivity index (χ2n) is 7.75. The summed E-state index contributed by atoms with van der Waals surface area (Å²) >= 11 is 0. The highest BCUT2D eigenvalue weighted by atomic mass is 16.5. The molecule has 0 bridgehead atoms. The third-order valence-corrected chi connectivity index (χ3v) is 6.27. The highest BCUT2D eigenvalue weighted by Crippen LogP contribution is 2.54. The Labute approximate surface area is 174 Å². The molecule has 1 aromatic heterocycles. The Hall–Kier alpha value is -3.61. The summed E-state index contributed by atoms with van der Waals surface area (Å²) in [5.74, 6) is 1.08. The fourth-order valence-electron chi connectivity index (χ4n) is 4.83. The van der Waals surface area contributed by atoms with Crippen LogP contribution in [0.2, 0.25) is 0 Å². The first-order valence-corrected chi connectivity index (χ1v) is 9.89. The minimum Gasteiger partial charge on any atom is -0.497 e. The molecule has 0 aliphatic carbocycles. The summed E-state index contributed by atoms with van der Waals surface area (Å²) in [6.07, 6.45) is 4.08. The molecule has 5 rings (SSSR count).